The van der Waals surface area contributed by atoms with E-state index < -0.39 is 4.92 Å². The molecule has 0 aliphatic carbocycles. The molecule has 0 unspecified atom stereocenters. The molecule has 0 bridgehead atoms. The SMILES string of the molecule is O=c1cc(-c2ccc(Cl)cc2)[nH]n1-c1ccc([N+](=O)[O-])cn1. The Kier molecular flexibility index (Phi) is 3.48. The molecule has 2 heterocycles. The van der Waals surface area contributed by atoms with Crippen molar-refractivity contribution in [3.63, 3.8) is 0 Å². The third-order valence-corrected chi connectivity index (χ3v) is 3.30. The van der Waals surface area contributed by atoms with Gasteiger partial charge in [-0.2, -0.15) is 0 Å². The number of hydrogen-bond donors (Lipinski definition) is 1. The summed E-state index contributed by atoms with van der Waals surface area (Å²) >= 11 is 5.83. The van der Waals surface area contributed by atoms with Gasteiger partial charge in [0.1, 0.15) is 6.20 Å². The van der Waals surface area contributed by atoms with Crippen LogP contribution in [0.4, 0.5) is 5.69 Å². The molecule has 0 aliphatic heterocycles. The maximum Gasteiger partial charge on any atom is 0.287 e. The molecule has 22 heavy (non-hydrogen) atoms. The predicted octanol–water partition coefficient (Wildman–Crippen LogP) is 2.79. The third-order valence-electron chi connectivity index (χ3n) is 3.05. The van der Waals surface area contributed by atoms with Gasteiger partial charge in [0.05, 0.1) is 10.6 Å². The monoisotopic (exact) mass is 316 g/mol. The summed E-state index contributed by atoms with van der Waals surface area (Å²) in [6.45, 7) is 0. The summed E-state index contributed by atoms with van der Waals surface area (Å²) in [4.78, 5) is 26.0. The Balaban J connectivity index is 2.00. The predicted molar refractivity (Wildman–Crippen MR) is 81.3 cm³/mol. The number of benzene rings is 1. The maximum absolute atomic E-state index is 12.0. The lowest BCUT2D eigenvalue weighted by atomic mass is 10.2. The van der Waals surface area contributed by atoms with Crippen LogP contribution in [-0.4, -0.2) is 19.7 Å². The Labute approximate surface area is 128 Å². The molecule has 8 heteroatoms. The van der Waals surface area contributed by atoms with E-state index in [4.69, 9.17) is 11.6 Å². The Morgan fingerprint density at radius 3 is 2.50 bits per heavy atom. The largest absolute Gasteiger partial charge is 0.289 e. The van der Waals surface area contributed by atoms with Crippen LogP contribution in [-0.2, 0) is 0 Å². The highest BCUT2D eigenvalue weighted by atomic mass is 35.5. The number of pyridine rings is 1. The van der Waals surface area contributed by atoms with E-state index in [-0.39, 0.29) is 17.1 Å². The molecule has 2 aromatic heterocycles. The number of halogens is 1. The van der Waals surface area contributed by atoms with Gasteiger partial charge in [-0.25, -0.2) is 9.67 Å². The van der Waals surface area contributed by atoms with Crippen LogP contribution in [0.1, 0.15) is 0 Å². The second-order valence-electron chi connectivity index (χ2n) is 4.48. The number of rotatable bonds is 3. The highest BCUT2D eigenvalue weighted by Gasteiger charge is 2.10. The second-order valence-corrected chi connectivity index (χ2v) is 4.92. The summed E-state index contributed by atoms with van der Waals surface area (Å²) in [5, 5.41) is 14.1. The van der Waals surface area contributed by atoms with Crippen molar-refractivity contribution in [1.82, 2.24) is 14.8 Å². The van der Waals surface area contributed by atoms with Gasteiger partial charge in [-0.3, -0.25) is 20.0 Å². The summed E-state index contributed by atoms with van der Waals surface area (Å²) in [6.07, 6.45) is 1.10. The normalized spacial score (nSPS) is 10.6. The zero-order chi connectivity index (χ0) is 15.7. The average Bonchev–Trinajstić information content (AvgIpc) is 2.90. The van der Waals surface area contributed by atoms with Gasteiger partial charge in [-0.1, -0.05) is 23.7 Å². The van der Waals surface area contributed by atoms with Crippen molar-refractivity contribution < 1.29 is 4.92 Å². The first-order valence-corrected chi connectivity index (χ1v) is 6.61. The highest BCUT2D eigenvalue weighted by molar-refractivity contribution is 6.30. The second kappa shape index (κ2) is 5.45. The summed E-state index contributed by atoms with van der Waals surface area (Å²) in [6, 6.07) is 11.1. The smallest absolute Gasteiger partial charge is 0.287 e. The van der Waals surface area contributed by atoms with Crippen LogP contribution >= 0.6 is 11.6 Å². The summed E-state index contributed by atoms with van der Waals surface area (Å²) < 4.78 is 1.22. The molecule has 1 N–H and O–H groups in total. The highest BCUT2D eigenvalue weighted by Crippen LogP contribution is 2.19. The van der Waals surface area contributed by atoms with E-state index in [1.807, 2.05) is 0 Å². The van der Waals surface area contributed by atoms with Crippen LogP contribution in [0, 0.1) is 10.1 Å². The van der Waals surface area contributed by atoms with Crippen molar-refractivity contribution in [2.75, 3.05) is 0 Å². The van der Waals surface area contributed by atoms with Gasteiger partial charge in [-0.05, 0) is 23.8 Å². The summed E-state index contributed by atoms with van der Waals surface area (Å²) in [7, 11) is 0. The molecule has 1 aromatic carbocycles. The fourth-order valence-corrected chi connectivity index (χ4v) is 2.09. The van der Waals surface area contributed by atoms with E-state index in [1.54, 1.807) is 24.3 Å². The molecule has 0 atom stereocenters. The van der Waals surface area contributed by atoms with E-state index in [1.165, 1.54) is 22.9 Å². The molecule has 110 valence electrons. The zero-order valence-electron chi connectivity index (χ0n) is 11.1. The van der Waals surface area contributed by atoms with Crippen molar-refractivity contribution in [2.24, 2.45) is 0 Å². The summed E-state index contributed by atoms with van der Waals surface area (Å²) in [5.41, 5.74) is 0.941. The lowest BCUT2D eigenvalue weighted by Crippen LogP contribution is -2.14. The minimum atomic E-state index is -0.548. The number of hydrogen-bond acceptors (Lipinski definition) is 4. The van der Waals surface area contributed by atoms with E-state index in [2.05, 4.69) is 10.1 Å². The topological polar surface area (TPSA) is 93.8 Å². The maximum atomic E-state index is 12.0. The first-order chi connectivity index (χ1) is 10.5. The molecule has 7 nitrogen and oxygen atoms in total. The fourth-order valence-electron chi connectivity index (χ4n) is 1.96. The van der Waals surface area contributed by atoms with Gasteiger partial charge in [0.2, 0.25) is 0 Å². The summed E-state index contributed by atoms with van der Waals surface area (Å²) in [5.74, 6) is 0.274. The quantitative estimate of drug-likeness (QED) is 0.594. The van der Waals surface area contributed by atoms with E-state index in [9.17, 15) is 14.9 Å². The molecular weight excluding hydrogens is 308 g/mol. The van der Waals surface area contributed by atoms with Gasteiger partial charge in [-0.15, -0.1) is 0 Å². The Hall–Kier alpha value is -2.93. The van der Waals surface area contributed by atoms with Crippen LogP contribution in [0.2, 0.25) is 5.02 Å². The molecule has 0 saturated carbocycles. The Morgan fingerprint density at radius 1 is 1.18 bits per heavy atom. The van der Waals surface area contributed by atoms with Gasteiger partial charge >= 0.3 is 0 Å². The molecule has 0 spiro atoms. The van der Waals surface area contributed by atoms with Gasteiger partial charge in [0, 0.05) is 17.2 Å². The van der Waals surface area contributed by atoms with Crippen LogP contribution in [0.15, 0.2) is 53.5 Å². The number of aromatic nitrogens is 3. The first kappa shape index (κ1) is 14.0. The average molecular weight is 317 g/mol. The van der Waals surface area contributed by atoms with E-state index in [0.29, 0.717) is 10.7 Å². The Bertz CT molecular complexity index is 882. The molecule has 3 rings (SSSR count). The Morgan fingerprint density at radius 2 is 1.91 bits per heavy atom. The lowest BCUT2D eigenvalue weighted by Gasteiger charge is -2.01. The van der Waals surface area contributed by atoms with Crippen LogP contribution in [0.3, 0.4) is 0 Å². The molecular formula is C14H9ClN4O3. The number of H-pyrrole nitrogens is 1. The number of aromatic amines is 1. The number of nitrogens with zero attached hydrogens (tertiary/aromatic N) is 3. The van der Waals surface area contributed by atoms with Crippen molar-refractivity contribution >= 4 is 17.3 Å². The van der Waals surface area contributed by atoms with Crippen molar-refractivity contribution in [2.45, 2.75) is 0 Å². The standard InChI is InChI=1S/C14H9ClN4O3/c15-10-3-1-9(2-4-10)12-7-14(20)18(17-12)13-6-5-11(8-16-13)19(21)22/h1-8,17H. The van der Waals surface area contributed by atoms with Gasteiger partial charge in [0.25, 0.3) is 11.2 Å². The van der Waals surface area contributed by atoms with Crippen molar-refractivity contribution in [1.29, 1.82) is 0 Å². The molecule has 0 aliphatic rings. The minimum Gasteiger partial charge on any atom is -0.289 e. The van der Waals surface area contributed by atoms with Crippen molar-refractivity contribution in [3.05, 3.63) is 74.2 Å². The van der Waals surface area contributed by atoms with Crippen LogP contribution < -0.4 is 5.56 Å². The molecule has 0 fully saturated rings. The molecule has 3 aromatic rings. The minimum absolute atomic E-state index is 0.138. The van der Waals surface area contributed by atoms with E-state index in [0.717, 1.165) is 11.8 Å². The third kappa shape index (κ3) is 2.61. The fraction of sp³-hybridized carbons (Fsp3) is 0. The van der Waals surface area contributed by atoms with Crippen LogP contribution in [0.5, 0.6) is 0 Å². The van der Waals surface area contributed by atoms with Crippen molar-refractivity contribution in [3.8, 4) is 17.1 Å². The number of nitro groups is 1. The van der Waals surface area contributed by atoms with Gasteiger partial charge < -0.3 is 0 Å². The van der Waals surface area contributed by atoms with Gasteiger partial charge in [0.15, 0.2) is 5.82 Å². The first-order valence-electron chi connectivity index (χ1n) is 6.23. The number of nitrogens with one attached hydrogen (secondary N) is 1. The molecule has 0 saturated heterocycles. The zero-order valence-corrected chi connectivity index (χ0v) is 11.8. The van der Waals surface area contributed by atoms with Crippen LogP contribution in [0.25, 0.3) is 17.1 Å². The van der Waals surface area contributed by atoms with E-state index >= 15 is 0 Å². The lowest BCUT2D eigenvalue weighted by molar-refractivity contribution is -0.385. The molecule has 0 radical (unpaired) electrons. The molecule has 0 amide bonds.